The zero-order chi connectivity index (χ0) is 18.1. The standard InChI is InChI=1S/C19H18N2O3S2/c22-18(17-11-16-15(26-17)4-9-25-16)21-7-5-20(6-8-21)12-13-2-1-3-14(10-13)19(23)24/h1-4,9-11H,5-8,12H2,(H,23,24). The van der Waals surface area contributed by atoms with E-state index in [1.807, 2.05) is 22.4 Å². The first-order chi connectivity index (χ1) is 12.6. The molecule has 0 bridgehead atoms. The molecule has 2 aromatic heterocycles. The molecule has 5 nitrogen and oxygen atoms in total. The molecular weight excluding hydrogens is 368 g/mol. The Hall–Kier alpha value is -2.22. The van der Waals surface area contributed by atoms with Gasteiger partial charge in [-0.1, -0.05) is 12.1 Å². The summed E-state index contributed by atoms with van der Waals surface area (Å²) in [7, 11) is 0. The Balaban J connectivity index is 1.36. The molecule has 26 heavy (non-hydrogen) atoms. The Morgan fingerprint density at radius 1 is 1.04 bits per heavy atom. The molecule has 3 heterocycles. The molecule has 1 aliphatic rings. The first-order valence-corrected chi connectivity index (χ1v) is 10.1. The Morgan fingerprint density at radius 3 is 2.58 bits per heavy atom. The summed E-state index contributed by atoms with van der Waals surface area (Å²) in [5, 5.41) is 11.1. The number of rotatable bonds is 4. The number of nitrogens with zero attached hydrogens (tertiary/aromatic N) is 2. The lowest BCUT2D eigenvalue weighted by molar-refractivity contribution is 0.0630. The van der Waals surface area contributed by atoms with Gasteiger partial charge in [0.2, 0.25) is 0 Å². The maximum atomic E-state index is 12.7. The van der Waals surface area contributed by atoms with E-state index >= 15 is 0 Å². The summed E-state index contributed by atoms with van der Waals surface area (Å²) < 4.78 is 2.35. The van der Waals surface area contributed by atoms with Gasteiger partial charge in [0.1, 0.15) is 0 Å². The van der Waals surface area contributed by atoms with Crippen LogP contribution in [0.5, 0.6) is 0 Å². The van der Waals surface area contributed by atoms with E-state index in [-0.39, 0.29) is 5.91 Å². The number of carbonyl (C=O) groups is 2. The van der Waals surface area contributed by atoms with Crippen molar-refractivity contribution in [1.29, 1.82) is 0 Å². The number of fused-ring (bicyclic) bond motifs is 1. The quantitative estimate of drug-likeness (QED) is 0.744. The van der Waals surface area contributed by atoms with Crippen molar-refractivity contribution in [2.45, 2.75) is 6.54 Å². The molecule has 3 aromatic rings. The fraction of sp³-hybridized carbons (Fsp3) is 0.263. The Labute approximate surface area is 159 Å². The van der Waals surface area contributed by atoms with Crippen molar-refractivity contribution in [3.05, 3.63) is 57.8 Å². The third-order valence-electron chi connectivity index (χ3n) is 4.59. The largest absolute Gasteiger partial charge is 0.478 e. The summed E-state index contributed by atoms with van der Waals surface area (Å²) in [4.78, 5) is 28.8. The van der Waals surface area contributed by atoms with Gasteiger partial charge in [-0.25, -0.2) is 4.79 Å². The second-order valence-electron chi connectivity index (χ2n) is 6.33. The molecule has 0 saturated carbocycles. The monoisotopic (exact) mass is 386 g/mol. The highest BCUT2D eigenvalue weighted by Gasteiger charge is 2.23. The van der Waals surface area contributed by atoms with E-state index in [4.69, 9.17) is 5.11 Å². The third kappa shape index (κ3) is 3.51. The highest BCUT2D eigenvalue weighted by Crippen LogP contribution is 2.30. The lowest BCUT2D eigenvalue weighted by Gasteiger charge is -2.34. The van der Waals surface area contributed by atoms with Crippen LogP contribution in [0, 0.1) is 0 Å². The number of hydrogen-bond donors (Lipinski definition) is 1. The first-order valence-electron chi connectivity index (χ1n) is 8.41. The van der Waals surface area contributed by atoms with Crippen molar-refractivity contribution in [2.75, 3.05) is 26.2 Å². The van der Waals surface area contributed by atoms with Crippen LogP contribution in [0.1, 0.15) is 25.6 Å². The summed E-state index contributed by atoms with van der Waals surface area (Å²) in [5.41, 5.74) is 1.30. The molecule has 0 spiro atoms. The van der Waals surface area contributed by atoms with Crippen LogP contribution in [-0.4, -0.2) is 53.0 Å². The van der Waals surface area contributed by atoms with Gasteiger partial charge in [0, 0.05) is 42.1 Å². The highest BCUT2D eigenvalue weighted by atomic mass is 32.1. The topological polar surface area (TPSA) is 60.9 Å². The molecule has 7 heteroatoms. The summed E-state index contributed by atoms with van der Waals surface area (Å²) in [5.74, 6) is -0.788. The Morgan fingerprint density at radius 2 is 1.85 bits per heavy atom. The Kier molecular flexibility index (Phi) is 4.76. The van der Waals surface area contributed by atoms with Gasteiger partial charge < -0.3 is 10.0 Å². The molecule has 1 fully saturated rings. The molecule has 0 unspecified atom stereocenters. The van der Waals surface area contributed by atoms with Gasteiger partial charge in [-0.3, -0.25) is 9.69 Å². The van der Waals surface area contributed by atoms with Crippen molar-refractivity contribution in [2.24, 2.45) is 0 Å². The summed E-state index contributed by atoms with van der Waals surface area (Å²) in [6, 6.07) is 11.1. The molecule has 0 radical (unpaired) electrons. The van der Waals surface area contributed by atoms with Gasteiger partial charge in [-0.05, 0) is 35.2 Å². The third-order valence-corrected chi connectivity index (χ3v) is 6.67. The number of benzene rings is 1. The number of thiophene rings is 2. The number of carboxylic acids is 1. The summed E-state index contributed by atoms with van der Waals surface area (Å²) in [6.45, 7) is 3.69. The van der Waals surface area contributed by atoms with Crippen molar-refractivity contribution in [3.63, 3.8) is 0 Å². The zero-order valence-corrected chi connectivity index (χ0v) is 15.7. The van der Waals surface area contributed by atoms with E-state index in [9.17, 15) is 9.59 Å². The van der Waals surface area contributed by atoms with Gasteiger partial charge in [-0.2, -0.15) is 0 Å². The molecular formula is C19H18N2O3S2. The molecule has 1 amide bonds. The lowest BCUT2D eigenvalue weighted by Crippen LogP contribution is -2.48. The van der Waals surface area contributed by atoms with E-state index < -0.39 is 5.97 Å². The number of hydrogen-bond acceptors (Lipinski definition) is 5. The first kappa shape index (κ1) is 17.2. The highest BCUT2D eigenvalue weighted by molar-refractivity contribution is 7.27. The average molecular weight is 386 g/mol. The number of aromatic carboxylic acids is 1. The predicted molar refractivity (Wildman–Crippen MR) is 104 cm³/mol. The second kappa shape index (κ2) is 7.19. The van der Waals surface area contributed by atoms with Gasteiger partial charge in [0.15, 0.2) is 0 Å². The summed E-state index contributed by atoms with van der Waals surface area (Å²) >= 11 is 3.23. The van der Waals surface area contributed by atoms with Crippen LogP contribution >= 0.6 is 22.7 Å². The molecule has 0 atom stereocenters. The molecule has 1 aliphatic heterocycles. The van der Waals surface area contributed by atoms with Crippen LogP contribution in [0.4, 0.5) is 0 Å². The zero-order valence-electron chi connectivity index (χ0n) is 14.1. The lowest BCUT2D eigenvalue weighted by atomic mass is 10.1. The van der Waals surface area contributed by atoms with Gasteiger partial charge in [-0.15, -0.1) is 22.7 Å². The van der Waals surface area contributed by atoms with Gasteiger partial charge in [0.05, 0.1) is 10.4 Å². The molecule has 134 valence electrons. The number of piperazine rings is 1. The molecule has 4 rings (SSSR count). The predicted octanol–water partition coefficient (Wildman–Crippen LogP) is 3.62. The van der Waals surface area contributed by atoms with Crippen molar-refractivity contribution >= 4 is 43.9 Å². The maximum Gasteiger partial charge on any atom is 0.335 e. The SMILES string of the molecule is O=C(O)c1cccc(CN2CCN(C(=O)c3cc4sccc4s3)CC2)c1. The number of amides is 1. The van der Waals surface area contributed by atoms with E-state index in [0.717, 1.165) is 23.5 Å². The summed E-state index contributed by atoms with van der Waals surface area (Å²) in [6.07, 6.45) is 0. The van der Waals surface area contributed by atoms with Crippen LogP contribution in [0.15, 0.2) is 41.8 Å². The second-order valence-corrected chi connectivity index (χ2v) is 8.37. The van der Waals surface area contributed by atoms with E-state index in [2.05, 4.69) is 11.0 Å². The Bertz CT molecular complexity index is 926. The molecule has 1 saturated heterocycles. The minimum atomic E-state index is -0.905. The number of carboxylic acid groups (broad SMARTS) is 1. The van der Waals surface area contributed by atoms with Crippen LogP contribution in [0.2, 0.25) is 0 Å². The maximum absolute atomic E-state index is 12.7. The molecule has 1 N–H and O–H groups in total. The van der Waals surface area contributed by atoms with Crippen molar-refractivity contribution in [3.8, 4) is 0 Å². The minimum Gasteiger partial charge on any atom is -0.478 e. The number of carbonyl (C=O) groups excluding carboxylic acids is 1. The fourth-order valence-corrected chi connectivity index (χ4v) is 5.27. The normalized spacial score (nSPS) is 15.5. The fourth-order valence-electron chi connectivity index (χ4n) is 3.20. The van der Waals surface area contributed by atoms with Crippen LogP contribution in [0.25, 0.3) is 9.40 Å². The van der Waals surface area contributed by atoms with Crippen LogP contribution < -0.4 is 0 Å². The molecule has 1 aromatic carbocycles. The van der Waals surface area contributed by atoms with E-state index in [0.29, 0.717) is 25.2 Å². The smallest absolute Gasteiger partial charge is 0.335 e. The average Bonchev–Trinajstić information content (AvgIpc) is 3.24. The van der Waals surface area contributed by atoms with Gasteiger partial charge >= 0.3 is 5.97 Å². The van der Waals surface area contributed by atoms with E-state index in [1.54, 1.807) is 40.9 Å². The van der Waals surface area contributed by atoms with Crippen molar-refractivity contribution < 1.29 is 14.7 Å². The van der Waals surface area contributed by atoms with Crippen LogP contribution in [-0.2, 0) is 6.54 Å². The van der Waals surface area contributed by atoms with Crippen molar-refractivity contribution in [1.82, 2.24) is 9.80 Å². The van der Waals surface area contributed by atoms with Crippen LogP contribution in [0.3, 0.4) is 0 Å². The molecule has 0 aliphatic carbocycles. The van der Waals surface area contributed by atoms with E-state index in [1.165, 1.54) is 9.40 Å². The minimum absolute atomic E-state index is 0.117. The van der Waals surface area contributed by atoms with Gasteiger partial charge in [0.25, 0.3) is 5.91 Å².